The molecule has 1 spiro atoms. The van der Waals surface area contributed by atoms with Crippen molar-refractivity contribution in [3.8, 4) is 5.82 Å². The van der Waals surface area contributed by atoms with Crippen molar-refractivity contribution >= 4 is 11.9 Å². The lowest BCUT2D eigenvalue weighted by Gasteiger charge is -2.38. The van der Waals surface area contributed by atoms with Gasteiger partial charge in [0.25, 0.3) is 0 Å². The van der Waals surface area contributed by atoms with Crippen molar-refractivity contribution in [2.24, 2.45) is 5.41 Å². The molecule has 0 aliphatic carbocycles. The number of hydrogen-bond donors (Lipinski definition) is 1. The monoisotopic (exact) mass is 424 g/mol. The summed E-state index contributed by atoms with van der Waals surface area (Å²) in [4.78, 5) is 28.0. The Balaban J connectivity index is 1.18. The van der Waals surface area contributed by atoms with Gasteiger partial charge in [-0.2, -0.15) is 9.78 Å². The van der Waals surface area contributed by atoms with Gasteiger partial charge in [0.1, 0.15) is 19.0 Å². The molecule has 1 N–H and O–H groups in total. The first-order valence-corrected chi connectivity index (χ1v) is 9.92. The second-order valence-electron chi connectivity index (χ2n) is 7.78. The number of aliphatic hydroxyl groups is 1. The fourth-order valence-corrected chi connectivity index (χ4v) is 4.08. The van der Waals surface area contributed by atoms with Gasteiger partial charge < -0.3 is 14.7 Å². The number of rotatable bonds is 5. The number of carbonyl (C=O) groups is 2. The Bertz CT molecular complexity index is 1040. The molecule has 0 bridgehead atoms. The molecule has 1 amide bonds. The average molecular weight is 424 g/mol. The molecular weight excluding hydrogens is 404 g/mol. The van der Waals surface area contributed by atoms with Crippen LogP contribution in [0.15, 0.2) is 42.5 Å². The maximum atomic E-state index is 13.0. The Morgan fingerprint density at radius 1 is 1.19 bits per heavy atom. The number of aliphatic hydroxyl groups excluding tert-OH is 1. The first kappa shape index (κ1) is 19.5. The number of nitrogens with zero attached hydrogens (tertiary/aromatic N) is 8. The summed E-state index contributed by atoms with van der Waals surface area (Å²) in [5.41, 5.74) is 0.462. The third kappa shape index (κ3) is 3.59. The van der Waals surface area contributed by atoms with Gasteiger partial charge in [-0.25, -0.2) is 4.79 Å². The largest absolute Gasteiger partial charge is 0.456 e. The van der Waals surface area contributed by atoms with Crippen LogP contribution < -0.4 is 0 Å². The molecule has 3 aliphatic rings. The fraction of sp³-hybridized carbons (Fsp3) is 0.421. The minimum atomic E-state index is -0.803. The Hall–Kier alpha value is -3.51. The molecule has 1 fully saturated rings. The van der Waals surface area contributed by atoms with Gasteiger partial charge >= 0.3 is 5.97 Å². The highest BCUT2D eigenvalue weighted by atomic mass is 16.5. The van der Waals surface area contributed by atoms with Crippen LogP contribution in [0.2, 0.25) is 0 Å². The number of hydrogen-bond acceptors (Lipinski definition) is 10. The van der Waals surface area contributed by atoms with E-state index in [4.69, 9.17) is 4.74 Å². The van der Waals surface area contributed by atoms with Crippen LogP contribution in [-0.4, -0.2) is 83.4 Å². The number of carbonyl (C=O) groups excluding carboxylic acids is 2. The lowest BCUT2D eigenvalue weighted by Crippen LogP contribution is -2.46. The fourth-order valence-electron chi connectivity index (χ4n) is 4.08. The maximum absolute atomic E-state index is 13.0. The smallest absolute Gasteiger partial charge is 0.333 e. The van der Waals surface area contributed by atoms with Gasteiger partial charge in [0.05, 0.1) is 16.8 Å². The third-order valence-electron chi connectivity index (χ3n) is 5.92. The number of aromatic nitrogens is 6. The molecule has 1 saturated heterocycles. The molecular formula is C19H20N8O4. The SMILES string of the molecule is O=C1C=C(N2C=CC3(CCN(CC(O)c4ccc(-n5cnnn5)nn4)CC3)C2=O)CO1. The van der Waals surface area contributed by atoms with Crippen molar-refractivity contribution in [3.05, 3.63) is 48.2 Å². The number of cyclic esters (lactones) is 1. The normalized spacial score (nSPS) is 21.6. The van der Waals surface area contributed by atoms with Crippen LogP contribution in [-0.2, 0) is 14.3 Å². The number of amides is 1. The topological polar surface area (TPSA) is 139 Å². The predicted octanol–water partition coefficient (Wildman–Crippen LogP) is -0.635. The van der Waals surface area contributed by atoms with E-state index in [1.54, 1.807) is 18.3 Å². The number of β-amino-alcohol motifs (C(OH)–C–C–N with tert-alkyl or cyclic N) is 1. The Morgan fingerprint density at radius 2 is 2.03 bits per heavy atom. The second-order valence-corrected chi connectivity index (χ2v) is 7.78. The average Bonchev–Trinajstić information content (AvgIpc) is 3.53. The van der Waals surface area contributed by atoms with Crippen LogP contribution in [0, 0.1) is 5.41 Å². The summed E-state index contributed by atoms with van der Waals surface area (Å²) < 4.78 is 6.30. The zero-order chi connectivity index (χ0) is 21.4. The van der Waals surface area contributed by atoms with Crippen LogP contribution >= 0.6 is 0 Å². The Kier molecular flexibility index (Phi) is 4.79. The van der Waals surface area contributed by atoms with E-state index in [0.29, 0.717) is 49.7 Å². The lowest BCUT2D eigenvalue weighted by molar-refractivity contribution is -0.137. The summed E-state index contributed by atoms with van der Waals surface area (Å²) >= 11 is 0. The molecule has 2 aromatic heterocycles. The number of ether oxygens (including phenoxy) is 1. The van der Waals surface area contributed by atoms with Crippen molar-refractivity contribution in [2.75, 3.05) is 26.2 Å². The third-order valence-corrected chi connectivity index (χ3v) is 5.92. The van der Waals surface area contributed by atoms with E-state index in [9.17, 15) is 14.7 Å². The molecule has 0 saturated carbocycles. The van der Waals surface area contributed by atoms with Gasteiger partial charge in [0, 0.05) is 18.8 Å². The molecule has 0 radical (unpaired) electrons. The van der Waals surface area contributed by atoms with E-state index in [1.165, 1.54) is 22.0 Å². The number of likely N-dealkylation sites (tertiary alicyclic amines) is 1. The number of esters is 1. The molecule has 2 aromatic rings. The summed E-state index contributed by atoms with van der Waals surface area (Å²) in [6.07, 6.45) is 6.91. The first-order chi connectivity index (χ1) is 15.0. The quantitative estimate of drug-likeness (QED) is 0.617. The molecule has 0 aromatic carbocycles. The van der Waals surface area contributed by atoms with Gasteiger partial charge in [-0.3, -0.25) is 9.69 Å². The maximum Gasteiger partial charge on any atom is 0.333 e. The van der Waals surface area contributed by atoms with E-state index in [0.717, 1.165) is 0 Å². The minimum absolute atomic E-state index is 0.0266. The van der Waals surface area contributed by atoms with E-state index >= 15 is 0 Å². The Labute approximate surface area is 176 Å². The van der Waals surface area contributed by atoms with Crippen LogP contribution in [0.25, 0.3) is 5.82 Å². The van der Waals surface area contributed by atoms with Crippen LogP contribution in [0.5, 0.6) is 0 Å². The standard InChI is InChI=1S/C19H20N8O4/c28-15(14-1-2-16(22-21-14)27-12-20-23-24-27)10-25-6-3-19(4-7-25)5-8-26(18(19)30)13-9-17(29)31-11-13/h1-2,5,8-9,12,15,28H,3-4,6-7,10-11H2. The van der Waals surface area contributed by atoms with Crippen molar-refractivity contribution in [1.29, 1.82) is 0 Å². The molecule has 1 atom stereocenters. The molecule has 12 nitrogen and oxygen atoms in total. The first-order valence-electron chi connectivity index (χ1n) is 9.92. The Morgan fingerprint density at radius 3 is 2.68 bits per heavy atom. The van der Waals surface area contributed by atoms with Crippen molar-refractivity contribution in [2.45, 2.75) is 18.9 Å². The zero-order valence-electron chi connectivity index (χ0n) is 16.5. The van der Waals surface area contributed by atoms with Gasteiger partial charge in [-0.05, 0) is 48.5 Å². The van der Waals surface area contributed by atoms with Crippen LogP contribution in [0.1, 0.15) is 24.6 Å². The highest BCUT2D eigenvalue weighted by Crippen LogP contribution is 2.41. The molecule has 5 rings (SSSR count). The highest BCUT2D eigenvalue weighted by Gasteiger charge is 2.46. The molecule has 1 unspecified atom stereocenters. The summed E-state index contributed by atoms with van der Waals surface area (Å²) in [5, 5.41) is 29.6. The summed E-state index contributed by atoms with van der Waals surface area (Å²) in [6, 6.07) is 3.38. The second kappa shape index (κ2) is 7.63. The highest BCUT2D eigenvalue weighted by molar-refractivity contribution is 5.93. The molecule has 31 heavy (non-hydrogen) atoms. The van der Waals surface area contributed by atoms with Crippen molar-refractivity contribution in [3.63, 3.8) is 0 Å². The minimum Gasteiger partial charge on any atom is -0.456 e. The van der Waals surface area contributed by atoms with Gasteiger partial charge in [-0.15, -0.1) is 10.2 Å². The van der Waals surface area contributed by atoms with E-state index in [1.807, 2.05) is 6.08 Å². The van der Waals surface area contributed by atoms with Gasteiger partial charge in [-0.1, -0.05) is 6.08 Å². The summed E-state index contributed by atoms with van der Waals surface area (Å²) in [6.45, 7) is 1.83. The molecule has 12 heteroatoms. The predicted molar refractivity (Wildman–Crippen MR) is 103 cm³/mol. The number of piperidine rings is 1. The molecule has 5 heterocycles. The number of tetrazole rings is 1. The van der Waals surface area contributed by atoms with Gasteiger partial charge in [0.15, 0.2) is 5.82 Å². The zero-order valence-corrected chi connectivity index (χ0v) is 16.5. The van der Waals surface area contributed by atoms with E-state index in [2.05, 4.69) is 30.6 Å². The van der Waals surface area contributed by atoms with Crippen LogP contribution in [0.4, 0.5) is 0 Å². The summed E-state index contributed by atoms with van der Waals surface area (Å²) in [5.74, 6) is 0.0118. The van der Waals surface area contributed by atoms with E-state index < -0.39 is 17.5 Å². The van der Waals surface area contributed by atoms with Crippen molar-refractivity contribution < 1.29 is 19.4 Å². The van der Waals surface area contributed by atoms with E-state index in [-0.39, 0.29) is 12.5 Å². The molecule has 160 valence electrons. The van der Waals surface area contributed by atoms with Crippen molar-refractivity contribution in [1.82, 2.24) is 40.2 Å². The summed E-state index contributed by atoms with van der Waals surface area (Å²) in [7, 11) is 0. The van der Waals surface area contributed by atoms with Gasteiger partial charge in [0.2, 0.25) is 5.91 Å². The molecule has 3 aliphatic heterocycles. The van der Waals surface area contributed by atoms with Crippen LogP contribution in [0.3, 0.4) is 0 Å². The lowest BCUT2D eigenvalue weighted by atomic mass is 9.78.